The number of aryl methyl sites for hydroxylation is 1. The number of carbonyl (C=O) groups is 2. The van der Waals surface area contributed by atoms with E-state index in [0.717, 1.165) is 12.0 Å². The summed E-state index contributed by atoms with van der Waals surface area (Å²) in [6.07, 6.45) is 5.80. The van der Waals surface area contributed by atoms with Crippen LogP contribution in [0, 0.1) is 6.92 Å². The zero-order valence-corrected chi connectivity index (χ0v) is 16.9. The fraction of sp³-hybridized carbons (Fsp3) is 0.261. The number of hydrogen-bond acceptors (Lipinski definition) is 4. The van der Waals surface area contributed by atoms with E-state index in [1.165, 1.54) is 6.26 Å². The molecule has 3 rings (SSSR count). The Morgan fingerprint density at radius 3 is 2.69 bits per heavy atom. The molecule has 0 aliphatic heterocycles. The molecule has 0 radical (unpaired) electrons. The van der Waals surface area contributed by atoms with Gasteiger partial charge in [0, 0.05) is 36.2 Å². The van der Waals surface area contributed by atoms with Gasteiger partial charge in [-0.3, -0.25) is 14.6 Å². The Balaban J connectivity index is 1.80. The topological polar surface area (TPSA) is 75.4 Å². The highest BCUT2D eigenvalue weighted by atomic mass is 16.3. The maximum absolute atomic E-state index is 13.2. The number of aromatic nitrogens is 1. The van der Waals surface area contributed by atoms with Crippen LogP contribution in [0.2, 0.25) is 0 Å². The highest BCUT2D eigenvalue weighted by Crippen LogP contribution is 2.19. The first-order valence-electron chi connectivity index (χ1n) is 9.65. The van der Waals surface area contributed by atoms with Crippen molar-refractivity contribution in [2.75, 3.05) is 5.32 Å². The Bertz CT molecular complexity index is 982. The molecule has 2 aromatic heterocycles. The highest BCUT2D eigenvalue weighted by molar-refractivity contribution is 6.05. The summed E-state index contributed by atoms with van der Waals surface area (Å²) >= 11 is 0. The summed E-state index contributed by atoms with van der Waals surface area (Å²) in [7, 11) is 0. The second kappa shape index (κ2) is 9.19. The molecule has 29 heavy (non-hydrogen) atoms. The van der Waals surface area contributed by atoms with Crippen molar-refractivity contribution in [2.24, 2.45) is 0 Å². The van der Waals surface area contributed by atoms with Crippen molar-refractivity contribution in [3.63, 3.8) is 0 Å². The number of nitrogens with one attached hydrogen (secondary N) is 1. The van der Waals surface area contributed by atoms with Crippen molar-refractivity contribution in [1.29, 1.82) is 0 Å². The first kappa shape index (κ1) is 20.3. The Morgan fingerprint density at radius 2 is 2.03 bits per heavy atom. The lowest BCUT2D eigenvalue weighted by Gasteiger charge is -2.29. The summed E-state index contributed by atoms with van der Waals surface area (Å²) < 4.78 is 5.19. The third-order valence-electron chi connectivity index (χ3n) is 4.93. The average molecular weight is 391 g/mol. The Morgan fingerprint density at radius 1 is 1.21 bits per heavy atom. The van der Waals surface area contributed by atoms with Crippen LogP contribution in [0.3, 0.4) is 0 Å². The molecular weight excluding hydrogens is 366 g/mol. The summed E-state index contributed by atoms with van der Waals surface area (Å²) in [5, 5.41) is 2.83. The zero-order valence-electron chi connectivity index (χ0n) is 16.9. The molecule has 1 N–H and O–H groups in total. The molecule has 0 fully saturated rings. The van der Waals surface area contributed by atoms with Gasteiger partial charge in [-0.2, -0.15) is 0 Å². The van der Waals surface area contributed by atoms with Crippen LogP contribution in [-0.4, -0.2) is 27.7 Å². The van der Waals surface area contributed by atoms with Crippen molar-refractivity contribution < 1.29 is 14.0 Å². The van der Waals surface area contributed by atoms with Gasteiger partial charge >= 0.3 is 0 Å². The van der Waals surface area contributed by atoms with Crippen molar-refractivity contribution in [3.8, 4) is 0 Å². The molecule has 0 aliphatic carbocycles. The predicted octanol–water partition coefficient (Wildman–Crippen LogP) is 4.68. The first-order chi connectivity index (χ1) is 14.0. The molecule has 6 heteroatoms. The second-order valence-corrected chi connectivity index (χ2v) is 6.98. The van der Waals surface area contributed by atoms with E-state index in [2.05, 4.69) is 17.2 Å². The maximum Gasteiger partial charge on any atom is 0.259 e. The molecule has 1 atom stereocenters. The summed E-state index contributed by atoms with van der Waals surface area (Å²) in [5.41, 5.74) is 2.53. The number of pyridine rings is 1. The van der Waals surface area contributed by atoms with E-state index in [-0.39, 0.29) is 17.9 Å². The SMILES string of the molecule is CC[C@@H](C)N(Cc1cccnc1)C(=O)c1cccc(NC(=O)c2ccoc2C)c1. The monoisotopic (exact) mass is 391 g/mol. The molecule has 150 valence electrons. The molecule has 1 aromatic carbocycles. The zero-order chi connectivity index (χ0) is 20.8. The number of hydrogen-bond donors (Lipinski definition) is 1. The van der Waals surface area contributed by atoms with Crippen LogP contribution in [0.4, 0.5) is 5.69 Å². The lowest BCUT2D eigenvalue weighted by Crippen LogP contribution is -2.37. The average Bonchev–Trinajstić information content (AvgIpc) is 3.18. The second-order valence-electron chi connectivity index (χ2n) is 6.98. The molecule has 2 heterocycles. The van der Waals surface area contributed by atoms with Crippen molar-refractivity contribution in [1.82, 2.24) is 9.88 Å². The molecule has 6 nitrogen and oxygen atoms in total. The van der Waals surface area contributed by atoms with E-state index in [9.17, 15) is 9.59 Å². The van der Waals surface area contributed by atoms with Crippen LogP contribution in [0.25, 0.3) is 0 Å². The minimum absolute atomic E-state index is 0.0644. The molecule has 0 bridgehead atoms. The first-order valence-corrected chi connectivity index (χ1v) is 9.65. The van der Waals surface area contributed by atoms with E-state index in [1.807, 2.05) is 24.0 Å². The van der Waals surface area contributed by atoms with Crippen LogP contribution in [0.15, 0.2) is 65.5 Å². The van der Waals surface area contributed by atoms with Crippen molar-refractivity contribution in [2.45, 2.75) is 39.8 Å². The van der Waals surface area contributed by atoms with Gasteiger partial charge in [0.25, 0.3) is 11.8 Å². The number of nitrogens with zero attached hydrogens (tertiary/aromatic N) is 2. The minimum Gasteiger partial charge on any atom is -0.469 e. The predicted molar refractivity (Wildman–Crippen MR) is 112 cm³/mol. The van der Waals surface area contributed by atoms with Gasteiger partial charge in [0.15, 0.2) is 0 Å². The normalized spacial score (nSPS) is 11.7. The molecule has 0 aliphatic rings. The van der Waals surface area contributed by atoms with Crippen molar-refractivity contribution >= 4 is 17.5 Å². The van der Waals surface area contributed by atoms with E-state index in [4.69, 9.17) is 4.42 Å². The number of carbonyl (C=O) groups excluding carboxylic acids is 2. The molecule has 2 amide bonds. The van der Waals surface area contributed by atoms with Crippen LogP contribution >= 0.6 is 0 Å². The highest BCUT2D eigenvalue weighted by Gasteiger charge is 2.21. The van der Waals surface area contributed by atoms with Gasteiger partial charge in [-0.25, -0.2) is 0 Å². The molecular formula is C23H25N3O3. The van der Waals surface area contributed by atoms with Gasteiger partial charge in [0.05, 0.1) is 11.8 Å². The van der Waals surface area contributed by atoms with E-state index in [0.29, 0.717) is 29.1 Å². The van der Waals surface area contributed by atoms with Crippen LogP contribution in [-0.2, 0) is 6.54 Å². The van der Waals surface area contributed by atoms with E-state index in [1.54, 1.807) is 49.6 Å². The summed E-state index contributed by atoms with van der Waals surface area (Å²) in [5.74, 6) is 0.197. The van der Waals surface area contributed by atoms with E-state index >= 15 is 0 Å². The van der Waals surface area contributed by atoms with Gasteiger partial charge in [-0.15, -0.1) is 0 Å². The van der Waals surface area contributed by atoms with Gasteiger partial charge in [-0.1, -0.05) is 19.1 Å². The smallest absolute Gasteiger partial charge is 0.259 e. The largest absolute Gasteiger partial charge is 0.469 e. The molecule has 0 saturated heterocycles. The van der Waals surface area contributed by atoms with Gasteiger partial charge in [0.2, 0.25) is 0 Å². The Kier molecular flexibility index (Phi) is 6.44. The Hall–Kier alpha value is -3.41. The summed E-state index contributed by atoms with van der Waals surface area (Å²) in [6.45, 7) is 6.30. The molecule has 0 saturated carbocycles. The molecule has 3 aromatic rings. The summed E-state index contributed by atoms with van der Waals surface area (Å²) in [6, 6.07) is 12.5. The quantitative estimate of drug-likeness (QED) is 0.635. The van der Waals surface area contributed by atoms with Crippen LogP contribution in [0.5, 0.6) is 0 Å². The minimum atomic E-state index is -0.269. The van der Waals surface area contributed by atoms with E-state index < -0.39 is 0 Å². The number of anilines is 1. The van der Waals surface area contributed by atoms with Gasteiger partial charge < -0.3 is 14.6 Å². The summed E-state index contributed by atoms with van der Waals surface area (Å²) in [4.78, 5) is 31.7. The third-order valence-corrected chi connectivity index (χ3v) is 4.93. The molecule has 0 unspecified atom stereocenters. The third kappa shape index (κ3) is 4.90. The number of furan rings is 1. The van der Waals surface area contributed by atoms with Crippen LogP contribution in [0.1, 0.15) is 52.3 Å². The lowest BCUT2D eigenvalue weighted by molar-refractivity contribution is 0.0671. The van der Waals surface area contributed by atoms with Crippen LogP contribution < -0.4 is 5.32 Å². The molecule has 0 spiro atoms. The number of benzene rings is 1. The lowest BCUT2D eigenvalue weighted by atomic mass is 10.1. The van der Waals surface area contributed by atoms with Gasteiger partial charge in [0.1, 0.15) is 5.76 Å². The fourth-order valence-electron chi connectivity index (χ4n) is 3.05. The number of amides is 2. The standard InChI is InChI=1S/C23H25N3O3/c1-4-16(2)26(15-18-7-6-11-24-14-18)23(28)19-8-5-9-20(13-19)25-22(27)21-10-12-29-17(21)3/h5-14,16H,4,15H2,1-3H3,(H,25,27)/t16-/m1/s1. The Labute approximate surface area is 170 Å². The van der Waals surface area contributed by atoms with Gasteiger partial charge in [-0.05, 0) is 56.2 Å². The maximum atomic E-state index is 13.2. The van der Waals surface area contributed by atoms with Crippen molar-refractivity contribution in [3.05, 3.63) is 83.6 Å². The number of rotatable bonds is 7. The fourth-order valence-corrected chi connectivity index (χ4v) is 3.05.